The van der Waals surface area contributed by atoms with E-state index in [1.54, 1.807) is 6.92 Å². The minimum atomic E-state index is -0.445. The van der Waals surface area contributed by atoms with Crippen LogP contribution in [0.25, 0.3) is 0 Å². The molecule has 1 atom stereocenters. The van der Waals surface area contributed by atoms with Crippen LogP contribution in [0.5, 0.6) is 11.5 Å². The molecule has 2 rings (SSSR count). The van der Waals surface area contributed by atoms with Crippen LogP contribution in [0.15, 0.2) is 42.5 Å². The van der Waals surface area contributed by atoms with Crippen molar-refractivity contribution in [1.29, 1.82) is 0 Å². The summed E-state index contributed by atoms with van der Waals surface area (Å²) < 4.78 is 5.84. The lowest BCUT2D eigenvalue weighted by Crippen LogP contribution is -1.92. The minimum Gasteiger partial charge on any atom is -0.457 e. The maximum absolute atomic E-state index is 9.44. The summed E-state index contributed by atoms with van der Waals surface area (Å²) in [5.41, 5.74) is 3.18. The van der Waals surface area contributed by atoms with E-state index in [9.17, 15) is 5.11 Å². The summed E-state index contributed by atoms with van der Waals surface area (Å²) in [4.78, 5) is 0. The molecule has 0 fully saturated rings. The molecule has 2 aromatic carbocycles. The van der Waals surface area contributed by atoms with Gasteiger partial charge in [-0.05, 0) is 55.7 Å². The maximum Gasteiger partial charge on any atom is 0.130 e. The van der Waals surface area contributed by atoms with E-state index in [1.165, 1.54) is 5.56 Å². The summed E-state index contributed by atoms with van der Waals surface area (Å²) in [6, 6.07) is 13.7. The van der Waals surface area contributed by atoms with Crippen LogP contribution in [0.3, 0.4) is 0 Å². The number of aryl methyl sites for hydroxylation is 2. The van der Waals surface area contributed by atoms with Gasteiger partial charge in [0.25, 0.3) is 0 Å². The van der Waals surface area contributed by atoms with Gasteiger partial charge in [0.1, 0.15) is 11.5 Å². The fraction of sp³-hybridized carbons (Fsp3) is 0.250. The molecule has 94 valence electrons. The zero-order valence-electron chi connectivity index (χ0n) is 11.0. The van der Waals surface area contributed by atoms with Crippen LogP contribution in [0, 0.1) is 13.8 Å². The molecule has 2 heteroatoms. The normalized spacial score (nSPS) is 12.2. The predicted molar refractivity (Wildman–Crippen MR) is 73.1 cm³/mol. The van der Waals surface area contributed by atoms with Gasteiger partial charge in [0, 0.05) is 0 Å². The van der Waals surface area contributed by atoms with E-state index in [4.69, 9.17) is 4.74 Å². The quantitative estimate of drug-likeness (QED) is 0.876. The third-order valence-electron chi connectivity index (χ3n) is 2.93. The van der Waals surface area contributed by atoms with E-state index in [0.717, 1.165) is 22.6 Å². The number of hydrogen-bond acceptors (Lipinski definition) is 2. The highest BCUT2D eigenvalue weighted by Gasteiger charge is 2.04. The standard InChI is InChI=1S/C16H18O2/c1-11-4-5-12(2)16(10-11)18-15-8-6-14(7-9-15)13(3)17/h4-10,13,17H,1-3H3/t13-/m1/s1. The van der Waals surface area contributed by atoms with Crippen LogP contribution in [-0.4, -0.2) is 5.11 Å². The Hall–Kier alpha value is -1.80. The van der Waals surface area contributed by atoms with E-state index in [0.29, 0.717) is 0 Å². The van der Waals surface area contributed by atoms with Crippen molar-refractivity contribution in [3.63, 3.8) is 0 Å². The fourth-order valence-electron chi connectivity index (χ4n) is 1.76. The monoisotopic (exact) mass is 242 g/mol. The average Bonchev–Trinajstić information content (AvgIpc) is 2.34. The summed E-state index contributed by atoms with van der Waals surface area (Å²) in [5.74, 6) is 1.66. The zero-order valence-corrected chi connectivity index (χ0v) is 11.0. The highest BCUT2D eigenvalue weighted by atomic mass is 16.5. The topological polar surface area (TPSA) is 29.5 Å². The molecule has 2 nitrogen and oxygen atoms in total. The van der Waals surface area contributed by atoms with Crippen LogP contribution in [-0.2, 0) is 0 Å². The van der Waals surface area contributed by atoms with Crippen molar-refractivity contribution in [3.8, 4) is 11.5 Å². The summed E-state index contributed by atoms with van der Waals surface area (Å²) in [6.45, 7) is 5.82. The third-order valence-corrected chi connectivity index (χ3v) is 2.93. The Morgan fingerprint density at radius 1 is 1.00 bits per heavy atom. The van der Waals surface area contributed by atoms with Gasteiger partial charge < -0.3 is 9.84 Å². The molecule has 0 aliphatic carbocycles. The van der Waals surface area contributed by atoms with E-state index in [-0.39, 0.29) is 0 Å². The molecular formula is C16H18O2. The van der Waals surface area contributed by atoms with Gasteiger partial charge in [0.2, 0.25) is 0 Å². The molecule has 0 unspecified atom stereocenters. The first-order chi connectivity index (χ1) is 8.56. The molecule has 0 saturated heterocycles. The number of rotatable bonds is 3. The van der Waals surface area contributed by atoms with E-state index in [1.807, 2.05) is 44.2 Å². The molecule has 0 amide bonds. The highest BCUT2D eigenvalue weighted by Crippen LogP contribution is 2.27. The van der Waals surface area contributed by atoms with Crippen molar-refractivity contribution in [2.45, 2.75) is 26.9 Å². The molecule has 1 N–H and O–H groups in total. The van der Waals surface area contributed by atoms with Crippen LogP contribution in [0.2, 0.25) is 0 Å². The first-order valence-electron chi connectivity index (χ1n) is 6.09. The number of hydrogen-bond donors (Lipinski definition) is 1. The van der Waals surface area contributed by atoms with E-state index >= 15 is 0 Å². The Morgan fingerprint density at radius 2 is 1.67 bits per heavy atom. The second-order valence-electron chi connectivity index (χ2n) is 4.62. The van der Waals surface area contributed by atoms with Crippen molar-refractivity contribution in [3.05, 3.63) is 59.2 Å². The Morgan fingerprint density at radius 3 is 2.28 bits per heavy atom. The molecule has 2 aromatic rings. The summed E-state index contributed by atoms with van der Waals surface area (Å²) in [6.07, 6.45) is -0.445. The van der Waals surface area contributed by atoms with Gasteiger partial charge in [-0.3, -0.25) is 0 Å². The molecule has 0 radical (unpaired) electrons. The number of aliphatic hydroxyl groups excluding tert-OH is 1. The minimum absolute atomic E-state index is 0.445. The van der Waals surface area contributed by atoms with Crippen LogP contribution >= 0.6 is 0 Å². The van der Waals surface area contributed by atoms with Crippen LogP contribution in [0.1, 0.15) is 29.7 Å². The van der Waals surface area contributed by atoms with Gasteiger partial charge >= 0.3 is 0 Å². The number of ether oxygens (including phenoxy) is 1. The first kappa shape index (κ1) is 12.7. The van der Waals surface area contributed by atoms with Gasteiger partial charge in [0.15, 0.2) is 0 Å². The maximum atomic E-state index is 9.44. The number of benzene rings is 2. The van der Waals surface area contributed by atoms with Gasteiger partial charge in [-0.15, -0.1) is 0 Å². The third kappa shape index (κ3) is 2.90. The SMILES string of the molecule is Cc1ccc(C)c(Oc2ccc([C@@H](C)O)cc2)c1. The van der Waals surface area contributed by atoms with Gasteiger partial charge in [-0.25, -0.2) is 0 Å². The van der Waals surface area contributed by atoms with Crippen molar-refractivity contribution >= 4 is 0 Å². The van der Waals surface area contributed by atoms with Crippen molar-refractivity contribution in [2.24, 2.45) is 0 Å². The number of aliphatic hydroxyl groups is 1. The predicted octanol–water partition coefficient (Wildman–Crippen LogP) is 4.15. The molecule has 0 aliphatic rings. The fourth-order valence-corrected chi connectivity index (χ4v) is 1.76. The van der Waals surface area contributed by atoms with Crippen LogP contribution < -0.4 is 4.74 Å². The molecule has 0 aliphatic heterocycles. The average molecular weight is 242 g/mol. The molecule has 0 saturated carbocycles. The molecule has 18 heavy (non-hydrogen) atoms. The zero-order chi connectivity index (χ0) is 13.1. The molecular weight excluding hydrogens is 224 g/mol. The lowest BCUT2D eigenvalue weighted by Gasteiger charge is -2.11. The smallest absolute Gasteiger partial charge is 0.130 e. The molecule has 0 aromatic heterocycles. The van der Waals surface area contributed by atoms with Crippen molar-refractivity contribution in [1.82, 2.24) is 0 Å². The molecule has 0 heterocycles. The largest absolute Gasteiger partial charge is 0.457 e. The second-order valence-corrected chi connectivity index (χ2v) is 4.62. The summed E-state index contributed by atoms with van der Waals surface area (Å²) in [7, 11) is 0. The van der Waals surface area contributed by atoms with Gasteiger partial charge in [-0.2, -0.15) is 0 Å². The summed E-state index contributed by atoms with van der Waals surface area (Å²) in [5, 5.41) is 9.44. The first-order valence-corrected chi connectivity index (χ1v) is 6.09. The lowest BCUT2D eigenvalue weighted by atomic mass is 10.1. The van der Waals surface area contributed by atoms with Crippen LogP contribution in [0.4, 0.5) is 0 Å². The Labute approximate surface area is 108 Å². The van der Waals surface area contributed by atoms with Gasteiger partial charge in [0.05, 0.1) is 6.10 Å². The lowest BCUT2D eigenvalue weighted by molar-refractivity contribution is 0.199. The van der Waals surface area contributed by atoms with E-state index in [2.05, 4.69) is 12.1 Å². The van der Waals surface area contributed by atoms with Gasteiger partial charge in [-0.1, -0.05) is 24.3 Å². The van der Waals surface area contributed by atoms with E-state index < -0.39 is 6.10 Å². The summed E-state index contributed by atoms with van der Waals surface area (Å²) >= 11 is 0. The second kappa shape index (κ2) is 5.23. The Bertz CT molecular complexity index is 527. The Kier molecular flexibility index (Phi) is 3.68. The molecule has 0 spiro atoms. The van der Waals surface area contributed by atoms with Crippen molar-refractivity contribution in [2.75, 3.05) is 0 Å². The molecule has 0 bridgehead atoms. The highest BCUT2D eigenvalue weighted by molar-refractivity contribution is 5.40. The van der Waals surface area contributed by atoms with Crippen molar-refractivity contribution < 1.29 is 9.84 Å². The Balaban J connectivity index is 2.21.